The number of hydrogen-bond donors (Lipinski definition) is 1. The van der Waals surface area contributed by atoms with Gasteiger partial charge in [-0.15, -0.1) is 24.8 Å². The maximum Gasteiger partial charge on any atom is 0.0110 e. The Morgan fingerprint density at radius 3 is 1.92 bits per heavy atom. The van der Waals surface area contributed by atoms with Gasteiger partial charge in [-0.05, 0) is 12.8 Å². The number of nitrogens with zero attached hydrogens (tertiary/aromatic N) is 1. The highest BCUT2D eigenvalue weighted by Crippen LogP contribution is 2.08. The Bertz CT molecular complexity index is 102. The van der Waals surface area contributed by atoms with Crippen molar-refractivity contribution in [1.29, 1.82) is 0 Å². The lowest BCUT2D eigenvalue weighted by Crippen LogP contribution is -2.48. The van der Waals surface area contributed by atoms with Crippen LogP contribution >= 0.6 is 24.8 Å². The van der Waals surface area contributed by atoms with Crippen molar-refractivity contribution in [2.24, 2.45) is 0 Å². The fourth-order valence-corrected chi connectivity index (χ4v) is 1.85. The summed E-state index contributed by atoms with van der Waals surface area (Å²) in [6, 6.07) is 0.831. The summed E-state index contributed by atoms with van der Waals surface area (Å²) in [5.74, 6) is 0. The van der Waals surface area contributed by atoms with Crippen molar-refractivity contribution in [2.75, 3.05) is 26.2 Å². The van der Waals surface area contributed by atoms with Gasteiger partial charge in [0, 0.05) is 32.2 Å². The van der Waals surface area contributed by atoms with E-state index in [1.165, 1.54) is 39.0 Å². The van der Waals surface area contributed by atoms with Gasteiger partial charge in [-0.1, -0.05) is 13.8 Å². The van der Waals surface area contributed by atoms with Crippen molar-refractivity contribution in [2.45, 2.75) is 32.7 Å². The van der Waals surface area contributed by atoms with Gasteiger partial charge in [0.1, 0.15) is 0 Å². The zero-order chi connectivity index (χ0) is 8.10. The molecule has 0 unspecified atom stereocenters. The molecule has 0 aromatic rings. The second-order valence-electron chi connectivity index (χ2n) is 3.26. The van der Waals surface area contributed by atoms with E-state index in [9.17, 15) is 0 Å². The van der Waals surface area contributed by atoms with E-state index >= 15 is 0 Å². The van der Waals surface area contributed by atoms with Gasteiger partial charge in [0.2, 0.25) is 0 Å². The summed E-state index contributed by atoms with van der Waals surface area (Å²) in [6.07, 6.45) is 2.60. The van der Waals surface area contributed by atoms with E-state index in [0.717, 1.165) is 6.04 Å². The fraction of sp³-hybridized carbons (Fsp3) is 1.00. The summed E-state index contributed by atoms with van der Waals surface area (Å²) in [6.45, 7) is 9.41. The molecule has 0 aromatic heterocycles. The maximum atomic E-state index is 3.38. The summed E-state index contributed by atoms with van der Waals surface area (Å²) in [5, 5.41) is 3.38. The Kier molecular flexibility index (Phi) is 11.1. The highest BCUT2D eigenvalue weighted by atomic mass is 35.5. The van der Waals surface area contributed by atoms with Crippen molar-refractivity contribution in [3.05, 3.63) is 0 Å². The Hall–Kier alpha value is 0.500. The topological polar surface area (TPSA) is 15.3 Å². The van der Waals surface area contributed by atoms with Crippen LogP contribution in [0.25, 0.3) is 0 Å². The van der Waals surface area contributed by atoms with Gasteiger partial charge < -0.3 is 5.32 Å². The molecule has 13 heavy (non-hydrogen) atoms. The van der Waals surface area contributed by atoms with Crippen LogP contribution in [0.4, 0.5) is 0 Å². The van der Waals surface area contributed by atoms with E-state index in [1.807, 2.05) is 0 Å². The third kappa shape index (κ3) is 5.06. The summed E-state index contributed by atoms with van der Waals surface area (Å²) in [4.78, 5) is 2.61. The molecule has 0 radical (unpaired) electrons. The van der Waals surface area contributed by atoms with Crippen LogP contribution in [0.3, 0.4) is 0 Å². The van der Waals surface area contributed by atoms with Crippen LogP contribution in [0.15, 0.2) is 0 Å². The average Bonchev–Trinajstić information content (AvgIpc) is 2.09. The van der Waals surface area contributed by atoms with Crippen molar-refractivity contribution in [3.63, 3.8) is 0 Å². The summed E-state index contributed by atoms with van der Waals surface area (Å²) < 4.78 is 0. The Morgan fingerprint density at radius 1 is 1.08 bits per heavy atom. The van der Waals surface area contributed by atoms with Crippen molar-refractivity contribution < 1.29 is 0 Å². The van der Waals surface area contributed by atoms with Crippen molar-refractivity contribution in [3.8, 4) is 0 Å². The highest BCUT2D eigenvalue weighted by molar-refractivity contribution is 5.85. The van der Waals surface area contributed by atoms with E-state index in [4.69, 9.17) is 0 Å². The van der Waals surface area contributed by atoms with E-state index in [1.54, 1.807) is 0 Å². The van der Waals surface area contributed by atoms with Gasteiger partial charge in [0.05, 0.1) is 0 Å². The predicted octanol–water partition coefficient (Wildman–Crippen LogP) is 1.92. The molecule has 4 heteroatoms. The summed E-state index contributed by atoms with van der Waals surface area (Å²) >= 11 is 0. The second kappa shape index (κ2) is 9.07. The molecule has 1 N–H and O–H groups in total. The summed E-state index contributed by atoms with van der Waals surface area (Å²) in [7, 11) is 0. The monoisotopic (exact) mass is 228 g/mol. The number of piperazine rings is 1. The first-order chi connectivity index (χ1) is 5.38. The highest BCUT2D eigenvalue weighted by Gasteiger charge is 2.16. The SMILES string of the molecule is CCC(CC)N1CCNCC1.Cl.Cl. The summed E-state index contributed by atoms with van der Waals surface area (Å²) in [5.41, 5.74) is 0. The molecule has 0 bridgehead atoms. The molecular weight excluding hydrogens is 207 g/mol. The molecule has 1 aliphatic heterocycles. The number of nitrogens with one attached hydrogen (secondary N) is 1. The minimum absolute atomic E-state index is 0. The molecule has 1 saturated heterocycles. The second-order valence-corrected chi connectivity index (χ2v) is 3.26. The molecule has 82 valence electrons. The molecular formula is C9H22Cl2N2. The smallest absolute Gasteiger partial charge is 0.0110 e. The van der Waals surface area contributed by atoms with Gasteiger partial charge >= 0.3 is 0 Å². The minimum Gasteiger partial charge on any atom is -0.314 e. The van der Waals surface area contributed by atoms with E-state index in [-0.39, 0.29) is 24.8 Å². The Morgan fingerprint density at radius 2 is 1.54 bits per heavy atom. The zero-order valence-corrected chi connectivity index (χ0v) is 10.2. The van der Waals surface area contributed by atoms with Gasteiger partial charge in [0.15, 0.2) is 0 Å². The molecule has 1 fully saturated rings. The number of halogens is 2. The predicted molar refractivity (Wildman–Crippen MR) is 63.3 cm³/mol. The van der Waals surface area contributed by atoms with E-state index in [2.05, 4.69) is 24.1 Å². The lowest BCUT2D eigenvalue weighted by atomic mass is 10.1. The van der Waals surface area contributed by atoms with Crippen LogP contribution in [-0.2, 0) is 0 Å². The van der Waals surface area contributed by atoms with Crippen LogP contribution in [-0.4, -0.2) is 37.1 Å². The van der Waals surface area contributed by atoms with Gasteiger partial charge in [0.25, 0.3) is 0 Å². The first-order valence-corrected chi connectivity index (χ1v) is 4.83. The largest absolute Gasteiger partial charge is 0.314 e. The van der Waals surface area contributed by atoms with Crippen LogP contribution in [0.2, 0.25) is 0 Å². The molecule has 0 aromatic carbocycles. The third-order valence-electron chi connectivity index (χ3n) is 2.61. The normalized spacial score (nSPS) is 17.8. The fourth-order valence-electron chi connectivity index (χ4n) is 1.85. The molecule has 1 heterocycles. The molecule has 2 nitrogen and oxygen atoms in total. The van der Waals surface area contributed by atoms with Crippen LogP contribution in [0.1, 0.15) is 26.7 Å². The van der Waals surface area contributed by atoms with Crippen molar-refractivity contribution >= 4 is 24.8 Å². The Labute approximate surface area is 94.3 Å². The zero-order valence-electron chi connectivity index (χ0n) is 8.58. The van der Waals surface area contributed by atoms with Crippen LogP contribution < -0.4 is 5.32 Å². The molecule has 0 saturated carbocycles. The molecule has 1 aliphatic rings. The first-order valence-electron chi connectivity index (χ1n) is 4.83. The van der Waals surface area contributed by atoms with E-state index < -0.39 is 0 Å². The molecule has 1 rings (SSSR count). The standard InChI is InChI=1S/C9H20N2.2ClH/c1-3-9(4-2)11-7-5-10-6-8-11;;/h9-10H,3-8H2,1-2H3;2*1H. The quantitative estimate of drug-likeness (QED) is 0.795. The third-order valence-corrected chi connectivity index (χ3v) is 2.61. The van der Waals surface area contributed by atoms with Gasteiger partial charge in [-0.3, -0.25) is 4.90 Å². The lowest BCUT2D eigenvalue weighted by molar-refractivity contribution is 0.164. The molecule has 0 amide bonds. The lowest BCUT2D eigenvalue weighted by Gasteiger charge is -2.33. The maximum absolute atomic E-state index is 3.38. The van der Waals surface area contributed by atoms with Crippen molar-refractivity contribution in [1.82, 2.24) is 10.2 Å². The molecule has 0 spiro atoms. The van der Waals surface area contributed by atoms with Crippen LogP contribution in [0, 0.1) is 0 Å². The van der Waals surface area contributed by atoms with Crippen LogP contribution in [0.5, 0.6) is 0 Å². The minimum atomic E-state index is 0. The van der Waals surface area contributed by atoms with Gasteiger partial charge in [-0.25, -0.2) is 0 Å². The van der Waals surface area contributed by atoms with E-state index in [0.29, 0.717) is 0 Å². The molecule has 0 atom stereocenters. The first kappa shape index (κ1) is 15.9. The molecule has 0 aliphatic carbocycles. The average molecular weight is 229 g/mol. The number of rotatable bonds is 3. The van der Waals surface area contributed by atoms with Gasteiger partial charge in [-0.2, -0.15) is 0 Å². The number of hydrogen-bond acceptors (Lipinski definition) is 2. The Balaban J connectivity index is 0.